The van der Waals surface area contributed by atoms with Crippen LogP contribution in [0.1, 0.15) is 11.1 Å². The summed E-state index contributed by atoms with van der Waals surface area (Å²) in [5.41, 5.74) is 1.82. The van der Waals surface area contributed by atoms with Crippen LogP contribution in [0.15, 0.2) is 82.8 Å². The Balaban J connectivity index is 1.71. The monoisotopic (exact) mass is 576 g/mol. The van der Waals surface area contributed by atoms with Crippen molar-refractivity contribution in [3.8, 4) is 23.3 Å². The Morgan fingerprint density at radius 2 is 1.73 bits per heavy atom. The van der Waals surface area contributed by atoms with Gasteiger partial charge in [-0.1, -0.05) is 70.0 Å². The number of anilines is 1. The third kappa shape index (κ3) is 6.05. The van der Waals surface area contributed by atoms with Crippen molar-refractivity contribution in [3.05, 3.63) is 99.0 Å². The number of rotatable bonds is 8. The molecule has 0 bridgehead atoms. The molecule has 0 radical (unpaired) electrons. The fraction of sp³-hybridized carbons (Fsp3) is 0.103. The SMILES string of the molecule is COc1cc(NC(=O)/C(C#N)=C/c2c(OCc3ccc(Br)cc3)ccc3ccccc23)c(OC)cc1Cl. The Labute approximate surface area is 228 Å². The van der Waals surface area contributed by atoms with E-state index in [1.54, 1.807) is 6.07 Å². The molecule has 1 N–H and O–H groups in total. The first kappa shape index (κ1) is 26.1. The van der Waals surface area contributed by atoms with Gasteiger partial charge in [0.05, 0.1) is 24.9 Å². The highest BCUT2D eigenvalue weighted by Crippen LogP contribution is 2.36. The van der Waals surface area contributed by atoms with E-state index in [1.165, 1.54) is 26.4 Å². The van der Waals surface area contributed by atoms with E-state index in [-0.39, 0.29) is 5.57 Å². The third-order valence-electron chi connectivity index (χ3n) is 5.61. The first-order chi connectivity index (χ1) is 17.9. The highest BCUT2D eigenvalue weighted by Gasteiger charge is 2.17. The van der Waals surface area contributed by atoms with Gasteiger partial charge in [0.2, 0.25) is 0 Å². The van der Waals surface area contributed by atoms with Gasteiger partial charge in [-0.3, -0.25) is 4.79 Å². The molecule has 1 amide bonds. The fourth-order valence-electron chi connectivity index (χ4n) is 3.73. The van der Waals surface area contributed by atoms with Crippen LogP contribution < -0.4 is 19.5 Å². The van der Waals surface area contributed by atoms with Crippen LogP contribution in [0.5, 0.6) is 17.2 Å². The van der Waals surface area contributed by atoms with Crippen molar-refractivity contribution >= 4 is 56.0 Å². The lowest BCUT2D eigenvalue weighted by Gasteiger charge is -2.14. The number of halogens is 2. The first-order valence-corrected chi connectivity index (χ1v) is 12.3. The molecule has 4 rings (SSSR count). The Kier molecular flexibility index (Phi) is 8.34. The maximum absolute atomic E-state index is 13.2. The minimum absolute atomic E-state index is 0.110. The zero-order valence-electron chi connectivity index (χ0n) is 20.0. The Bertz CT molecular complexity index is 1530. The van der Waals surface area contributed by atoms with E-state index in [4.69, 9.17) is 25.8 Å². The third-order valence-corrected chi connectivity index (χ3v) is 6.44. The van der Waals surface area contributed by atoms with E-state index < -0.39 is 5.91 Å². The summed E-state index contributed by atoms with van der Waals surface area (Å²) in [7, 11) is 2.93. The van der Waals surface area contributed by atoms with Gasteiger partial charge < -0.3 is 19.5 Å². The van der Waals surface area contributed by atoms with Crippen molar-refractivity contribution < 1.29 is 19.0 Å². The van der Waals surface area contributed by atoms with Crippen LogP contribution in [0.25, 0.3) is 16.8 Å². The van der Waals surface area contributed by atoms with Crippen LogP contribution >= 0.6 is 27.5 Å². The van der Waals surface area contributed by atoms with Crippen LogP contribution in [0, 0.1) is 11.3 Å². The van der Waals surface area contributed by atoms with E-state index in [0.717, 1.165) is 20.8 Å². The molecule has 0 unspecified atom stereocenters. The second-order valence-corrected chi connectivity index (χ2v) is 9.25. The summed E-state index contributed by atoms with van der Waals surface area (Å²) in [5.74, 6) is 0.628. The normalized spacial score (nSPS) is 11.1. The lowest BCUT2D eigenvalue weighted by molar-refractivity contribution is -0.112. The minimum atomic E-state index is -0.614. The number of hydrogen-bond acceptors (Lipinski definition) is 5. The summed E-state index contributed by atoms with van der Waals surface area (Å²) in [6, 6.07) is 24.4. The molecule has 4 aromatic rings. The number of nitrogens with one attached hydrogen (secondary N) is 1. The van der Waals surface area contributed by atoms with Crippen molar-refractivity contribution in [2.45, 2.75) is 6.61 Å². The summed E-state index contributed by atoms with van der Waals surface area (Å²) >= 11 is 9.61. The van der Waals surface area contributed by atoms with Crippen molar-refractivity contribution in [1.82, 2.24) is 0 Å². The Morgan fingerprint density at radius 3 is 2.43 bits per heavy atom. The average Bonchev–Trinajstić information content (AvgIpc) is 2.92. The number of methoxy groups -OCH3 is 2. The molecule has 0 atom stereocenters. The first-order valence-electron chi connectivity index (χ1n) is 11.2. The van der Waals surface area contributed by atoms with Gasteiger partial charge in [-0.2, -0.15) is 5.26 Å². The summed E-state index contributed by atoms with van der Waals surface area (Å²) < 4.78 is 17.7. The highest BCUT2D eigenvalue weighted by atomic mass is 79.9. The maximum Gasteiger partial charge on any atom is 0.266 e. The molecular formula is C29H22BrClN2O4. The molecule has 0 aliphatic carbocycles. The minimum Gasteiger partial charge on any atom is -0.495 e. The number of fused-ring (bicyclic) bond motifs is 1. The number of nitriles is 1. The van der Waals surface area contributed by atoms with E-state index >= 15 is 0 Å². The van der Waals surface area contributed by atoms with Gasteiger partial charge in [0.1, 0.15) is 35.5 Å². The summed E-state index contributed by atoms with van der Waals surface area (Å²) in [6.45, 7) is 0.322. The predicted octanol–water partition coefficient (Wildman–Crippen LogP) is 7.40. The van der Waals surface area contributed by atoms with Crippen LogP contribution in [0.3, 0.4) is 0 Å². The molecule has 186 valence electrons. The van der Waals surface area contributed by atoms with Crippen molar-refractivity contribution in [1.29, 1.82) is 5.26 Å². The van der Waals surface area contributed by atoms with Gasteiger partial charge in [-0.05, 0) is 40.6 Å². The molecule has 0 saturated carbocycles. The molecule has 0 fully saturated rings. The van der Waals surface area contributed by atoms with Crippen LogP contribution in [-0.2, 0) is 11.4 Å². The van der Waals surface area contributed by atoms with Crippen molar-refractivity contribution in [2.75, 3.05) is 19.5 Å². The maximum atomic E-state index is 13.2. The number of benzene rings is 4. The number of hydrogen-bond donors (Lipinski definition) is 1. The zero-order chi connectivity index (χ0) is 26.4. The fourth-order valence-corrected chi connectivity index (χ4v) is 4.23. The number of carbonyl (C=O) groups excluding carboxylic acids is 1. The van der Waals surface area contributed by atoms with E-state index in [2.05, 4.69) is 21.2 Å². The molecular weight excluding hydrogens is 556 g/mol. The quantitative estimate of drug-likeness (QED) is 0.174. The largest absolute Gasteiger partial charge is 0.495 e. The topological polar surface area (TPSA) is 80.6 Å². The van der Waals surface area contributed by atoms with Crippen LogP contribution in [-0.4, -0.2) is 20.1 Å². The molecule has 0 aliphatic heterocycles. The molecule has 37 heavy (non-hydrogen) atoms. The molecule has 0 aromatic heterocycles. The van der Waals surface area contributed by atoms with E-state index in [9.17, 15) is 10.1 Å². The molecule has 4 aromatic carbocycles. The second kappa shape index (κ2) is 11.8. The van der Waals surface area contributed by atoms with Gasteiger partial charge >= 0.3 is 0 Å². The summed E-state index contributed by atoms with van der Waals surface area (Å²) in [5, 5.41) is 14.8. The van der Waals surface area contributed by atoms with Crippen molar-refractivity contribution in [2.24, 2.45) is 0 Å². The predicted molar refractivity (Wildman–Crippen MR) is 149 cm³/mol. The standard InChI is InChI=1S/C29H22BrClN2O4/c1-35-27-15-25(28(36-2)14-24(27)31)33-29(34)20(16-32)13-23-22-6-4-3-5-19(22)9-12-26(23)37-17-18-7-10-21(30)11-8-18/h3-15H,17H2,1-2H3,(H,33,34)/b20-13+. The van der Waals surface area contributed by atoms with Gasteiger partial charge in [0.25, 0.3) is 5.91 Å². The molecule has 8 heteroatoms. The lowest BCUT2D eigenvalue weighted by atomic mass is 10.0. The van der Waals surface area contributed by atoms with Gasteiger partial charge in [0.15, 0.2) is 0 Å². The number of nitrogens with zero attached hydrogens (tertiary/aromatic N) is 1. The Hall–Kier alpha value is -3.99. The number of carbonyl (C=O) groups is 1. The molecule has 0 spiro atoms. The molecule has 6 nitrogen and oxygen atoms in total. The second-order valence-electron chi connectivity index (χ2n) is 7.92. The lowest BCUT2D eigenvalue weighted by Crippen LogP contribution is -2.14. The van der Waals surface area contributed by atoms with E-state index in [0.29, 0.717) is 40.1 Å². The van der Waals surface area contributed by atoms with Gasteiger partial charge in [-0.25, -0.2) is 0 Å². The van der Waals surface area contributed by atoms with Gasteiger partial charge in [0, 0.05) is 22.2 Å². The highest BCUT2D eigenvalue weighted by molar-refractivity contribution is 9.10. The van der Waals surface area contributed by atoms with Crippen molar-refractivity contribution in [3.63, 3.8) is 0 Å². The molecule has 0 aliphatic rings. The zero-order valence-corrected chi connectivity index (χ0v) is 22.4. The molecule has 0 heterocycles. The van der Waals surface area contributed by atoms with Crippen LogP contribution in [0.4, 0.5) is 5.69 Å². The number of amides is 1. The average molecular weight is 578 g/mol. The molecule has 0 saturated heterocycles. The summed E-state index contributed by atoms with van der Waals surface area (Å²) in [4.78, 5) is 13.2. The number of ether oxygens (including phenoxy) is 3. The Morgan fingerprint density at radius 1 is 1.00 bits per heavy atom. The van der Waals surface area contributed by atoms with E-state index in [1.807, 2.05) is 66.7 Å². The van der Waals surface area contributed by atoms with Gasteiger partial charge in [-0.15, -0.1) is 0 Å². The smallest absolute Gasteiger partial charge is 0.266 e. The van der Waals surface area contributed by atoms with Crippen LogP contribution in [0.2, 0.25) is 5.02 Å². The summed E-state index contributed by atoms with van der Waals surface area (Å²) in [6.07, 6.45) is 1.54.